The molecular formula is C18H20FNO. The Morgan fingerprint density at radius 3 is 2.19 bits per heavy atom. The number of piperidine rings is 1. The third-order valence-corrected chi connectivity index (χ3v) is 4.26. The molecule has 0 bridgehead atoms. The molecule has 110 valence electrons. The largest absolute Gasteiger partial charge is 0.389 e. The van der Waals surface area contributed by atoms with E-state index in [2.05, 4.69) is 17.0 Å². The molecule has 0 atom stereocenters. The molecule has 2 nitrogen and oxygen atoms in total. The molecule has 0 amide bonds. The van der Waals surface area contributed by atoms with E-state index in [-0.39, 0.29) is 5.82 Å². The van der Waals surface area contributed by atoms with Crippen molar-refractivity contribution in [2.75, 3.05) is 18.0 Å². The van der Waals surface area contributed by atoms with Crippen LogP contribution in [0.1, 0.15) is 18.4 Å². The van der Waals surface area contributed by atoms with Crippen molar-refractivity contribution in [2.24, 2.45) is 0 Å². The van der Waals surface area contributed by atoms with Crippen molar-refractivity contribution in [1.29, 1.82) is 0 Å². The van der Waals surface area contributed by atoms with Crippen LogP contribution in [0.5, 0.6) is 0 Å². The van der Waals surface area contributed by atoms with Crippen LogP contribution in [0.2, 0.25) is 0 Å². The predicted octanol–water partition coefficient (Wildman–Crippen LogP) is 3.40. The van der Waals surface area contributed by atoms with Gasteiger partial charge in [0.1, 0.15) is 5.82 Å². The van der Waals surface area contributed by atoms with Gasteiger partial charge in [-0.1, -0.05) is 30.3 Å². The minimum Gasteiger partial charge on any atom is -0.389 e. The highest BCUT2D eigenvalue weighted by Gasteiger charge is 2.32. The number of hydrogen-bond acceptors (Lipinski definition) is 2. The van der Waals surface area contributed by atoms with Gasteiger partial charge in [-0.05, 0) is 42.7 Å². The number of rotatable bonds is 3. The summed E-state index contributed by atoms with van der Waals surface area (Å²) in [5.74, 6) is -0.232. The SMILES string of the molecule is OC1(Cc2ccc(F)cc2)CCN(c2ccccc2)CC1. The molecule has 3 heteroatoms. The van der Waals surface area contributed by atoms with Gasteiger partial charge in [0.2, 0.25) is 0 Å². The molecule has 21 heavy (non-hydrogen) atoms. The minimum absolute atomic E-state index is 0.232. The van der Waals surface area contributed by atoms with E-state index in [0.717, 1.165) is 31.5 Å². The highest BCUT2D eigenvalue weighted by Crippen LogP contribution is 2.29. The van der Waals surface area contributed by atoms with Crippen molar-refractivity contribution < 1.29 is 9.50 Å². The summed E-state index contributed by atoms with van der Waals surface area (Å²) >= 11 is 0. The van der Waals surface area contributed by atoms with E-state index in [1.54, 1.807) is 12.1 Å². The maximum absolute atomic E-state index is 12.9. The number of nitrogens with zero attached hydrogens (tertiary/aromatic N) is 1. The van der Waals surface area contributed by atoms with Crippen LogP contribution in [0.4, 0.5) is 10.1 Å². The van der Waals surface area contributed by atoms with Crippen molar-refractivity contribution in [3.8, 4) is 0 Å². The molecule has 0 spiro atoms. The zero-order valence-corrected chi connectivity index (χ0v) is 12.0. The highest BCUT2D eigenvalue weighted by molar-refractivity contribution is 5.46. The molecule has 1 N–H and O–H groups in total. The zero-order chi connectivity index (χ0) is 14.7. The molecule has 0 unspecified atom stereocenters. The Labute approximate surface area is 124 Å². The van der Waals surface area contributed by atoms with Gasteiger partial charge in [-0.3, -0.25) is 0 Å². The predicted molar refractivity (Wildman–Crippen MR) is 82.9 cm³/mol. The van der Waals surface area contributed by atoms with Crippen molar-refractivity contribution in [1.82, 2.24) is 0 Å². The Morgan fingerprint density at radius 1 is 0.952 bits per heavy atom. The Kier molecular flexibility index (Phi) is 3.93. The van der Waals surface area contributed by atoms with Crippen molar-refractivity contribution in [3.05, 3.63) is 66.0 Å². The van der Waals surface area contributed by atoms with Crippen LogP contribution in [-0.2, 0) is 6.42 Å². The smallest absolute Gasteiger partial charge is 0.123 e. The van der Waals surface area contributed by atoms with Crippen LogP contribution in [-0.4, -0.2) is 23.8 Å². The molecule has 1 aliphatic heterocycles. The Bertz CT molecular complexity index is 574. The fourth-order valence-electron chi connectivity index (χ4n) is 2.98. The van der Waals surface area contributed by atoms with Gasteiger partial charge in [0, 0.05) is 25.2 Å². The summed E-state index contributed by atoms with van der Waals surface area (Å²) < 4.78 is 12.9. The first kappa shape index (κ1) is 14.1. The van der Waals surface area contributed by atoms with Crippen LogP contribution in [0.15, 0.2) is 54.6 Å². The second kappa shape index (κ2) is 5.86. The quantitative estimate of drug-likeness (QED) is 0.934. The monoisotopic (exact) mass is 285 g/mol. The van der Waals surface area contributed by atoms with E-state index in [0.29, 0.717) is 6.42 Å². The third kappa shape index (κ3) is 3.42. The van der Waals surface area contributed by atoms with Gasteiger partial charge >= 0.3 is 0 Å². The molecule has 1 saturated heterocycles. The van der Waals surface area contributed by atoms with E-state index >= 15 is 0 Å². The second-order valence-corrected chi connectivity index (χ2v) is 5.85. The highest BCUT2D eigenvalue weighted by atomic mass is 19.1. The first-order valence-corrected chi connectivity index (χ1v) is 7.41. The summed E-state index contributed by atoms with van der Waals surface area (Å²) in [4.78, 5) is 2.30. The summed E-state index contributed by atoms with van der Waals surface area (Å²) in [7, 11) is 0. The molecule has 2 aromatic carbocycles. The maximum atomic E-state index is 12.9. The summed E-state index contributed by atoms with van der Waals surface area (Å²) in [5.41, 5.74) is 1.52. The molecule has 1 heterocycles. The van der Waals surface area contributed by atoms with Crippen molar-refractivity contribution in [3.63, 3.8) is 0 Å². The molecule has 0 saturated carbocycles. The molecule has 3 rings (SSSR count). The first-order chi connectivity index (χ1) is 10.1. The van der Waals surface area contributed by atoms with Gasteiger partial charge in [-0.25, -0.2) is 4.39 Å². The van der Waals surface area contributed by atoms with E-state index in [4.69, 9.17) is 0 Å². The van der Waals surface area contributed by atoms with Gasteiger partial charge in [0.15, 0.2) is 0 Å². The van der Waals surface area contributed by atoms with Crippen LogP contribution in [0, 0.1) is 5.82 Å². The fraction of sp³-hybridized carbons (Fsp3) is 0.333. The number of anilines is 1. The molecule has 0 aliphatic carbocycles. The van der Waals surface area contributed by atoms with Crippen LogP contribution in [0.3, 0.4) is 0 Å². The van der Waals surface area contributed by atoms with Gasteiger partial charge in [-0.15, -0.1) is 0 Å². The van der Waals surface area contributed by atoms with E-state index in [1.165, 1.54) is 17.8 Å². The lowest BCUT2D eigenvalue weighted by atomic mass is 9.85. The van der Waals surface area contributed by atoms with Crippen LogP contribution < -0.4 is 4.90 Å². The van der Waals surface area contributed by atoms with E-state index in [9.17, 15) is 9.50 Å². The lowest BCUT2D eigenvalue weighted by molar-refractivity contribution is 0.0165. The molecule has 2 aromatic rings. The number of benzene rings is 2. The molecular weight excluding hydrogens is 265 g/mol. The van der Waals surface area contributed by atoms with Crippen molar-refractivity contribution >= 4 is 5.69 Å². The lowest BCUT2D eigenvalue weighted by Crippen LogP contribution is -2.45. The average Bonchev–Trinajstić information content (AvgIpc) is 2.51. The van der Waals surface area contributed by atoms with E-state index < -0.39 is 5.60 Å². The summed E-state index contributed by atoms with van der Waals surface area (Å²) in [6.45, 7) is 1.70. The summed E-state index contributed by atoms with van der Waals surface area (Å²) in [5, 5.41) is 10.7. The number of hydrogen-bond donors (Lipinski definition) is 1. The van der Waals surface area contributed by atoms with E-state index in [1.807, 2.05) is 18.2 Å². The lowest BCUT2D eigenvalue weighted by Gasteiger charge is -2.39. The fourth-order valence-corrected chi connectivity index (χ4v) is 2.98. The Balaban J connectivity index is 1.62. The van der Waals surface area contributed by atoms with Gasteiger partial charge in [0.05, 0.1) is 5.60 Å². The molecule has 0 aromatic heterocycles. The number of aliphatic hydroxyl groups is 1. The summed E-state index contributed by atoms with van der Waals surface area (Å²) in [6, 6.07) is 16.7. The standard InChI is InChI=1S/C18H20FNO/c19-16-8-6-15(7-9-16)14-18(21)10-12-20(13-11-18)17-4-2-1-3-5-17/h1-9,21H,10-14H2. The second-order valence-electron chi connectivity index (χ2n) is 5.85. The number of para-hydroxylation sites is 1. The molecule has 1 aliphatic rings. The zero-order valence-electron chi connectivity index (χ0n) is 12.0. The number of halogens is 1. The Hall–Kier alpha value is -1.87. The first-order valence-electron chi connectivity index (χ1n) is 7.41. The molecule has 1 fully saturated rings. The average molecular weight is 285 g/mol. The van der Waals surface area contributed by atoms with Gasteiger partial charge in [0.25, 0.3) is 0 Å². The van der Waals surface area contributed by atoms with Crippen LogP contribution in [0.25, 0.3) is 0 Å². The molecule has 0 radical (unpaired) electrons. The third-order valence-electron chi connectivity index (χ3n) is 4.26. The maximum Gasteiger partial charge on any atom is 0.123 e. The van der Waals surface area contributed by atoms with Crippen molar-refractivity contribution in [2.45, 2.75) is 24.9 Å². The minimum atomic E-state index is -0.677. The summed E-state index contributed by atoms with van der Waals surface area (Å²) in [6.07, 6.45) is 2.06. The van der Waals surface area contributed by atoms with Gasteiger partial charge < -0.3 is 10.0 Å². The van der Waals surface area contributed by atoms with Crippen LogP contribution >= 0.6 is 0 Å². The normalized spacial score (nSPS) is 17.7. The topological polar surface area (TPSA) is 23.5 Å². The Morgan fingerprint density at radius 2 is 1.57 bits per heavy atom. The van der Waals surface area contributed by atoms with Gasteiger partial charge in [-0.2, -0.15) is 0 Å².